The molecule has 140 valence electrons. The Kier molecular flexibility index (Phi) is 13.5. The minimum atomic E-state index is -0.702. The van der Waals surface area contributed by atoms with E-state index in [0.717, 1.165) is 23.7 Å². The molecule has 0 heterocycles. The van der Waals surface area contributed by atoms with E-state index in [2.05, 4.69) is 22.6 Å². The summed E-state index contributed by atoms with van der Waals surface area (Å²) in [6, 6.07) is 5.99. The van der Waals surface area contributed by atoms with Crippen LogP contribution in [0, 0.1) is 0 Å². The molecule has 1 atom stereocenters. The Hall–Kier alpha value is -1.77. The third kappa shape index (κ3) is 12.3. The number of benzene rings is 1. The smallest absolute Gasteiger partial charge is 0.405 e. The molecule has 1 unspecified atom stereocenters. The van der Waals surface area contributed by atoms with Crippen LogP contribution >= 0.6 is 22.6 Å². The summed E-state index contributed by atoms with van der Waals surface area (Å²) in [4.78, 5) is 21.6. The lowest BCUT2D eigenvalue weighted by Crippen LogP contribution is -2.21. The van der Waals surface area contributed by atoms with Gasteiger partial charge in [0.1, 0.15) is 11.9 Å². The molecule has 7 heteroatoms. The van der Waals surface area contributed by atoms with Gasteiger partial charge in [-0.3, -0.25) is 0 Å². The van der Waals surface area contributed by atoms with Gasteiger partial charge in [-0.05, 0) is 43.2 Å². The van der Waals surface area contributed by atoms with Crippen molar-refractivity contribution in [3.05, 3.63) is 42.0 Å². The van der Waals surface area contributed by atoms with E-state index >= 15 is 0 Å². The summed E-state index contributed by atoms with van der Waals surface area (Å²) in [7, 11) is 0. The number of ether oxygens (including phenoxy) is 2. The Labute approximate surface area is 162 Å². The monoisotopic (exact) mass is 463 g/mol. The largest absolute Gasteiger partial charge is 0.508 e. The molecule has 0 aliphatic carbocycles. The van der Waals surface area contributed by atoms with Gasteiger partial charge in [0.05, 0.1) is 12.2 Å². The number of primary amides is 1. The Morgan fingerprint density at radius 3 is 2.36 bits per heavy atom. The van der Waals surface area contributed by atoms with Crippen LogP contribution in [0.25, 0.3) is 0 Å². The van der Waals surface area contributed by atoms with Crippen LogP contribution in [0.4, 0.5) is 4.79 Å². The Balaban J connectivity index is 0.000000463. The average molecular weight is 463 g/mol. The number of carbonyl (C=O) groups is 2. The number of alkyl halides is 1. The molecule has 0 fully saturated rings. The molecule has 1 amide bonds. The minimum absolute atomic E-state index is 0.145. The van der Waals surface area contributed by atoms with E-state index in [1.54, 1.807) is 0 Å². The summed E-state index contributed by atoms with van der Waals surface area (Å²) in [5.41, 5.74) is 5.36. The summed E-state index contributed by atoms with van der Waals surface area (Å²) in [6.45, 7) is 4.40. The first kappa shape index (κ1) is 23.2. The van der Waals surface area contributed by atoms with Crippen LogP contribution in [-0.4, -0.2) is 34.3 Å². The quantitative estimate of drug-likeness (QED) is 0.261. The Bertz CT molecular complexity index is 531. The van der Waals surface area contributed by atoms with Crippen LogP contribution in [0.1, 0.15) is 43.5 Å². The Morgan fingerprint density at radius 2 is 1.88 bits per heavy atom. The third-order valence-corrected chi connectivity index (χ3v) is 3.33. The fraction of sp³-hybridized carbons (Fsp3) is 0.444. The second-order valence-electron chi connectivity index (χ2n) is 5.03. The van der Waals surface area contributed by atoms with Gasteiger partial charge in [-0.25, -0.2) is 9.59 Å². The SMILES string of the molecule is CCCC(C=CCI)OC(N)=O.CCCOC(=O)c1ccc(O)cc1. The van der Waals surface area contributed by atoms with Crippen molar-refractivity contribution >= 4 is 34.7 Å². The molecule has 0 aliphatic heterocycles. The van der Waals surface area contributed by atoms with Crippen molar-refractivity contribution in [1.29, 1.82) is 0 Å². The number of allylic oxidation sites excluding steroid dienone is 1. The van der Waals surface area contributed by atoms with Crippen molar-refractivity contribution in [2.45, 2.75) is 39.2 Å². The highest BCUT2D eigenvalue weighted by Crippen LogP contribution is 2.10. The number of carbonyl (C=O) groups excluding carboxylic acids is 2. The molecule has 0 aromatic heterocycles. The van der Waals surface area contributed by atoms with Gasteiger partial charge in [0.25, 0.3) is 0 Å². The topological polar surface area (TPSA) is 98.9 Å². The van der Waals surface area contributed by atoms with Gasteiger partial charge in [0, 0.05) is 4.43 Å². The fourth-order valence-corrected chi connectivity index (χ4v) is 2.00. The molecule has 0 spiro atoms. The molecule has 3 N–H and O–H groups in total. The first-order valence-electron chi connectivity index (χ1n) is 8.09. The van der Waals surface area contributed by atoms with Crippen molar-refractivity contribution in [3.63, 3.8) is 0 Å². The van der Waals surface area contributed by atoms with Crippen molar-refractivity contribution in [3.8, 4) is 5.75 Å². The summed E-state index contributed by atoms with van der Waals surface area (Å²) in [5.74, 6) is -0.200. The lowest BCUT2D eigenvalue weighted by Gasteiger charge is -2.10. The van der Waals surface area contributed by atoms with E-state index in [1.165, 1.54) is 24.3 Å². The molecule has 0 bridgehead atoms. The van der Waals surface area contributed by atoms with Crippen molar-refractivity contribution in [2.24, 2.45) is 5.73 Å². The lowest BCUT2D eigenvalue weighted by molar-refractivity contribution is 0.0505. The first-order chi connectivity index (χ1) is 11.9. The van der Waals surface area contributed by atoms with Crippen LogP contribution in [0.5, 0.6) is 5.75 Å². The molecule has 0 radical (unpaired) electrons. The number of phenolic OH excluding ortho intramolecular Hbond substituents is 1. The zero-order chi connectivity index (χ0) is 19.1. The third-order valence-electron chi connectivity index (χ3n) is 2.82. The average Bonchev–Trinajstić information content (AvgIpc) is 2.58. The maximum atomic E-state index is 11.2. The first-order valence-corrected chi connectivity index (χ1v) is 9.61. The van der Waals surface area contributed by atoms with Gasteiger partial charge in [0.15, 0.2) is 0 Å². The summed E-state index contributed by atoms with van der Waals surface area (Å²) < 4.78 is 10.7. The van der Waals surface area contributed by atoms with E-state index in [-0.39, 0.29) is 17.8 Å². The van der Waals surface area contributed by atoms with E-state index in [9.17, 15) is 9.59 Å². The second kappa shape index (κ2) is 14.6. The minimum Gasteiger partial charge on any atom is -0.508 e. The predicted octanol–water partition coefficient (Wildman–Crippen LogP) is 4.20. The molecule has 0 aliphatic rings. The summed E-state index contributed by atoms with van der Waals surface area (Å²) in [5, 5.41) is 8.96. The normalized spacial score (nSPS) is 11.3. The molecule has 1 aromatic carbocycles. The van der Waals surface area contributed by atoms with Crippen LogP contribution in [0.2, 0.25) is 0 Å². The maximum absolute atomic E-state index is 11.2. The number of amides is 1. The molecule has 1 aromatic rings. The van der Waals surface area contributed by atoms with Gasteiger partial charge >= 0.3 is 12.1 Å². The number of halogens is 1. The molecular formula is C18H26INO5. The van der Waals surface area contributed by atoms with Gasteiger partial charge in [-0.15, -0.1) is 0 Å². The van der Waals surface area contributed by atoms with Crippen LogP contribution in [0.3, 0.4) is 0 Å². The van der Waals surface area contributed by atoms with E-state index in [1.807, 2.05) is 26.0 Å². The molecule has 1 rings (SSSR count). The maximum Gasteiger partial charge on any atom is 0.405 e. The van der Waals surface area contributed by atoms with Crippen LogP contribution < -0.4 is 5.73 Å². The fourth-order valence-electron chi connectivity index (χ4n) is 1.71. The Morgan fingerprint density at radius 1 is 1.24 bits per heavy atom. The highest BCUT2D eigenvalue weighted by molar-refractivity contribution is 14.1. The molecule has 6 nitrogen and oxygen atoms in total. The number of rotatable bonds is 8. The summed E-state index contributed by atoms with van der Waals surface area (Å²) >= 11 is 2.22. The molecule has 0 saturated heterocycles. The molecular weight excluding hydrogens is 437 g/mol. The van der Waals surface area contributed by atoms with Crippen LogP contribution in [-0.2, 0) is 9.47 Å². The van der Waals surface area contributed by atoms with Crippen molar-refractivity contribution in [2.75, 3.05) is 11.0 Å². The second-order valence-corrected chi connectivity index (χ2v) is 5.91. The van der Waals surface area contributed by atoms with Crippen molar-refractivity contribution < 1.29 is 24.2 Å². The number of esters is 1. The van der Waals surface area contributed by atoms with Crippen molar-refractivity contribution in [1.82, 2.24) is 0 Å². The molecule has 25 heavy (non-hydrogen) atoms. The van der Waals surface area contributed by atoms with Gasteiger partial charge < -0.3 is 20.3 Å². The highest BCUT2D eigenvalue weighted by atomic mass is 127. The zero-order valence-electron chi connectivity index (χ0n) is 14.6. The van der Waals surface area contributed by atoms with Gasteiger partial charge in [-0.1, -0.05) is 48.9 Å². The number of phenols is 1. The number of hydrogen-bond acceptors (Lipinski definition) is 5. The summed E-state index contributed by atoms with van der Waals surface area (Å²) in [6.07, 6.45) is 5.60. The van der Waals surface area contributed by atoms with Gasteiger partial charge in [-0.2, -0.15) is 0 Å². The van der Waals surface area contributed by atoms with E-state index < -0.39 is 6.09 Å². The molecule has 0 saturated carbocycles. The zero-order valence-corrected chi connectivity index (χ0v) is 16.8. The van der Waals surface area contributed by atoms with Crippen LogP contribution in [0.15, 0.2) is 36.4 Å². The predicted molar refractivity (Wildman–Crippen MR) is 106 cm³/mol. The number of aromatic hydroxyl groups is 1. The van der Waals surface area contributed by atoms with Gasteiger partial charge in [0.2, 0.25) is 0 Å². The van der Waals surface area contributed by atoms with E-state index in [4.69, 9.17) is 20.3 Å². The van der Waals surface area contributed by atoms with E-state index in [0.29, 0.717) is 12.2 Å². The standard InChI is InChI=1S/C10H12O3.C8H14INO2/c1-2-7-13-10(12)8-3-5-9(11)6-4-8;1-2-4-7(5-3-6-9)12-8(10)11/h3-6,11H,2,7H2,1H3;3,5,7H,2,4,6H2,1H3,(H2,10,11). The number of hydrogen-bond donors (Lipinski definition) is 2. The highest BCUT2D eigenvalue weighted by Gasteiger charge is 2.06. The number of nitrogens with two attached hydrogens (primary N) is 1. The lowest BCUT2D eigenvalue weighted by atomic mass is 10.2.